The summed E-state index contributed by atoms with van der Waals surface area (Å²) in [7, 11) is 2.06. The van der Waals surface area contributed by atoms with E-state index in [9.17, 15) is 0 Å². The Morgan fingerprint density at radius 2 is 1.56 bits per heavy atom. The minimum Gasteiger partial charge on any atom is -0.320 e. The molecule has 0 aliphatic carbocycles. The van der Waals surface area contributed by atoms with Gasteiger partial charge < -0.3 is 4.57 Å². The molecule has 1 aliphatic heterocycles. The number of para-hydroxylation sites is 2. The van der Waals surface area contributed by atoms with Gasteiger partial charge in [0.1, 0.15) is 11.5 Å². The van der Waals surface area contributed by atoms with Crippen LogP contribution in [0.2, 0.25) is 0 Å². The zero-order chi connectivity index (χ0) is 27.9. The van der Waals surface area contributed by atoms with E-state index in [0.717, 1.165) is 43.7 Å². The second-order valence-corrected chi connectivity index (χ2v) is 11.6. The van der Waals surface area contributed by atoms with Gasteiger partial charge in [-0.1, -0.05) is 78.9 Å². The second-order valence-electron chi connectivity index (χ2n) is 11.6. The first-order chi connectivity index (χ1) is 20.1. The standard InChI is InChI=1S/C36H37N5/c1-25-11-7-8-14-30(25)35-31-18-17-27(23-34(31)39(3)38-35)24-40-21-19-29(20-22-40)36-37-32-15-9-10-16-33(32)41(36)26(2)28-12-5-4-6-13-28/h4-18,23,26,29H,19-22,24H2,1-3H3. The molecular weight excluding hydrogens is 502 g/mol. The Morgan fingerprint density at radius 3 is 2.37 bits per heavy atom. The molecule has 5 heteroatoms. The summed E-state index contributed by atoms with van der Waals surface area (Å²) in [6.45, 7) is 7.58. The van der Waals surface area contributed by atoms with Gasteiger partial charge in [-0.3, -0.25) is 9.58 Å². The van der Waals surface area contributed by atoms with E-state index in [1.54, 1.807) is 0 Å². The predicted molar refractivity (Wildman–Crippen MR) is 168 cm³/mol. The number of likely N-dealkylation sites (tertiary alicyclic amines) is 1. The number of hydrogen-bond donors (Lipinski definition) is 0. The van der Waals surface area contributed by atoms with E-state index in [1.165, 1.54) is 44.5 Å². The monoisotopic (exact) mass is 539 g/mol. The van der Waals surface area contributed by atoms with Crippen LogP contribution >= 0.6 is 0 Å². The maximum Gasteiger partial charge on any atom is 0.113 e. The van der Waals surface area contributed by atoms with Crippen LogP contribution < -0.4 is 0 Å². The summed E-state index contributed by atoms with van der Waals surface area (Å²) in [6.07, 6.45) is 2.24. The Morgan fingerprint density at radius 1 is 0.829 bits per heavy atom. The fourth-order valence-electron chi connectivity index (χ4n) is 6.69. The molecule has 41 heavy (non-hydrogen) atoms. The van der Waals surface area contributed by atoms with Gasteiger partial charge in [-0.15, -0.1) is 0 Å². The maximum absolute atomic E-state index is 5.20. The van der Waals surface area contributed by atoms with E-state index in [2.05, 4.69) is 127 Å². The van der Waals surface area contributed by atoms with E-state index in [0.29, 0.717) is 5.92 Å². The van der Waals surface area contributed by atoms with Crippen LogP contribution in [0, 0.1) is 6.92 Å². The number of benzene rings is 4. The number of fused-ring (bicyclic) bond motifs is 2. The smallest absolute Gasteiger partial charge is 0.113 e. The summed E-state index contributed by atoms with van der Waals surface area (Å²) in [5.41, 5.74) is 9.73. The summed E-state index contributed by atoms with van der Waals surface area (Å²) in [6, 6.07) is 35.1. The van der Waals surface area contributed by atoms with E-state index in [-0.39, 0.29) is 6.04 Å². The van der Waals surface area contributed by atoms with Gasteiger partial charge in [0, 0.05) is 30.5 Å². The molecule has 0 N–H and O–H groups in total. The Hall–Kier alpha value is -4.22. The summed E-state index contributed by atoms with van der Waals surface area (Å²) < 4.78 is 4.53. The van der Waals surface area contributed by atoms with Crippen molar-refractivity contribution in [3.05, 3.63) is 120 Å². The first kappa shape index (κ1) is 25.7. The zero-order valence-corrected chi connectivity index (χ0v) is 24.2. The number of imidazole rings is 1. The SMILES string of the molecule is Cc1ccccc1-c1nn(C)c2cc(CN3CCC(c4nc5ccccc5n4C(C)c4ccccc4)CC3)ccc12. The third-order valence-electron chi connectivity index (χ3n) is 8.97. The largest absolute Gasteiger partial charge is 0.320 e. The van der Waals surface area contributed by atoms with Crippen LogP contribution in [0.1, 0.15) is 54.2 Å². The van der Waals surface area contributed by atoms with Crippen molar-refractivity contribution in [2.45, 2.75) is 45.2 Å². The number of aromatic nitrogens is 4. The summed E-state index contributed by atoms with van der Waals surface area (Å²) >= 11 is 0. The van der Waals surface area contributed by atoms with Gasteiger partial charge in [-0.2, -0.15) is 5.10 Å². The number of nitrogens with zero attached hydrogens (tertiary/aromatic N) is 5. The Balaban J connectivity index is 1.10. The highest BCUT2D eigenvalue weighted by molar-refractivity contribution is 5.94. The lowest BCUT2D eigenvalue weighted by Crippen LogP contribution is -2.33. The Labute approximate surface area is 242 Å². The molecule has 7 rings (SSSR count). The van der Waals surface area contributed by atoms with Gasteiger partial charge in [0.25, 0.3) is 0 Å². The molecule has 0 spiro atoms. The summed E-state index contributed by atoms with van der Waals surface area (Å²) in [5, 5.41) is 6.13. The highest BCUT2D eigenvalue weighted by atomic mass is 15.3. The molecular formula is C36H37N5. The van der Waals surface area contributed by atoms with Crippen LogP contribution in [0.25, 0.3) is 33.2 Å². The lowest BCUT2D eigenvalue weighted by Gasteiger charge is -2.32. The lowest BCUT2D eigenvalue weighted by molar-refractivity contribution is 0.200. The number of hydrogen-bond acceptors (Lipinski definition) is 3. The number of piperidine rings is 1. The van der Waals surface area contributed by atoms with Gasteiger partial charge in [0.15, 0.2) is 0 Å². The second kappa shape index (κ2) is 10.6. The van der Waals surface area contributed by atoms with Crippen molar-refractivity contribution in [3.63, 3.8) is 0 Å². The van der Waals surface area contributed by atoms with E-state index >= 15 is 0 Å². The third-order valence-corrected chi connectivity index (χ3v) is 8.97. The topological polar surface area (TPSA) is 38.9 Å². The minimum absolute atomic E-state index is 0.242. The highest BCUT2D eigenvalue weighted by Crippen LogP contribution is 2.35. The molecule has 3 heterocycles. The molecule has 1 aliphatic rings. The van der Waals surface area contributed by atoms with Crippen LogP contribution in [-0.2, 0) is 13.6 Å². The molecule has 2 aromatic heterocycles. The molecule has 5 nitrogen and oxygen atoms in total. The predicted octanol–water partition coefficient (Wildman–Crippen LogP) is 7.89. The minimum atomic E-state index is 0.242. The van der Waals surface area contributed by atoms with Crippen molar-refractivity contribution < 1.29 is 0 Å². The van der Waals surface area contributed by atoms with Crippen molar-refractivity contribution in [1.82, 2.24) is 24.2 Å². The Bertz CT molecular complexity index is 1820. The molecule has 6 aromatic rings. The van der Waals surface area contributed by atoms with Crippen LogP contribution in [0.15, 0.2) is 97.1 Å². The molecule has 0 saturated carbocycles. The summed E-state index contributed by atoms with van der Waals surface area (Å²) in [4.78, 5) is 7.81. The first-order valence-corrected chi connectivity index (χ1v) is 14.8. The van der Waals surface area contributed by atoms with E-state index in [1.807, 2.05) is 4.68 Å². The highest BCUT2D eigenvalue weighted by Gasteiger charge is 2.27. The molecule has 0 amide bonds. The first-order valence-electron chi connectivity index (χ1n) is 14.8. The van der Waals surface area contributed by atoms with Gasteiger partial charge >= 0.3 is 0 Å². The quantitative estimate of drug-likeness (QED) is 0.216. The van der Waals surface area contributed by atoms with Crippen molar-refractivity contribution in [2.24, 2.45) is 7.05 Å². The molecule has 1 fully saturated rings. The van der Waals surface area contributed by atoms with Crippen LogP contribution in [0.5, 0.6) is 0 Å². The molecule has 206 valence electrons. The van der Waals surface area contributed by atoms with Gasteiger partial charge in [0.2, 0.25) is 0 Å². The van der Waals surface area contributed by atoms with Crippen LogP contribution in [0.4, 0.5) is 0 Å². The fourth-order valence-corrected chi connectivity index (χ4v) is 6.69. The molecule has 1 saturated heterocycles. The van der Waals surface area contributed by atoms with Crippen molar-refractivity contribution in [3.8, 4) is 11.3 Å². The summed E-state index contributed by atoms with van der Waals surface area (Å²) in [5.74, 6) is 1.70. The van der Waals surface area contributed by atoms with Crippen molar-refractivity contribution >= 4 is 21.9 Å². The fraction of sp³-hybridized carbons (Fsp3) is 0.278. The molecule has 0 bridgehead atoms. The normalized spacial score (nSPS) is 15.6. The number of aryl methyl sites for hydroxylation is 2. The van der Waals surface area contributed by atoms with Gasteiger partial charge in [0.05, 0.1) is 22.6 Å². The number of rotatable bonds is 6. The van der Waals surface area contributed by atoms with E-state index in [4.69, 9.17) is 10.1 Å². The average Bonchev–Trinajstić information content (AvgIpc) is 3.55. The molecule has 1 unspecified atom stereocenters. The molecule has 1 atom stereocenters. The average molecular weight is 540 g/mol. The van der Waals surface area contributed by atoms with Gasteiger partial charge in [-0.05, 0) is 74.7 Å². The zero-order valence-electron chi connectivity index (χ0n) is 24.2. The molecule has 0 radical (unpaired) electrons. The van der Waals surface area contributed by atoms with Gasteiger partial charge in [-0.25, -0.2) is 4.98 Å². The van der Waals surface area contributed by atoms with E-state index < -0.39 is 0 Å². The van der Waals surface area contributed by atoms with Crippen LogP contribution in [-0.4, -0.2) is 37.3 Å². The third kappa shape index (κ3) is 4.74. The van der Waals surface area contributed by atoms with Crippen molar-refractivity contribution in [1.29, 1.82) is 0 Å². The van der Waals surface area contributed by atoms with Crippen LogP contribution in [0.3, 0.4) is 0 Å². The Kier molecular flexibility index (Phi) is 6.68. The maximum atomic E-state index is 5.20. The van der Waals surface area contributed by atoms with Crippen molar-refractivity contribution in [2.75, 3.05) is 13.1 Å². The lowest BCUT2D eigenvalue weighted by atomic mass is 9.94. The molecule has 4 aromatic carbocycles.